The highest BCUT2D eigenvalue weighted by atomic mass is 32.1. The SMILES string of the molecule is CC(C)c1cnc(C2Cc3ccccc32)s1. The number of rotatable bonds is 2. The Hall–Kier alpha value is -1.15. The molecule has 16 heavy (non-hydrogen) atoms. The van der Waals surface area contributed by atoms with Crippen LogP contribution in [0, 0.1) is 0 Å². The average molecular weight is 229 g/mol. The Bertz CT molecular complexity index is 513. The highest BCUT2D eigenvalue weighted by Crippen LogP contribution is 2.41. The molecule has 1 atom stereocenters. The van der Waals surface area contributed by atoms with E-state index in [4.69, 9.17) is 0 Å². The van der Waals surface area contributed by atoms with Gasteiger partial charge in [0.15, 0.2) is 0 Å². The van der Waals surface area contributed by atoms with E-state index in [2.05, 4.69) is 43.1 Å². The fraction of sp³-hybridized carbons (Fsp3) is 0.357. The van der Waals surface area contributed by atoms with Gasteiger partial charge in [-0.1, -0.05) is 38.1 Å². The third-order valence-electron chi connectivity index (χ3n) is 3.26. The second-order valence-electron chi connectivity index (χ2n) is 4.71. The third kappa shape index (κ3) is 1.49. The van der Waals surface area contributed by atoms with Gasteiger partial charge in [-0.3, -0.25) is 0 Å². The van der Waals surface area contributed by atoms with Crippen LogP contribution in [0.4, 0.5) is 0 Å². The summed E-state index contributed by atoms with van der Waals surface area (Å²) in [7, 11) is 0. The van der Waals surface area contributed by atoms with Gasteiger partial charge in [0, 0.05) is 17.0 Å². The van der Waals surface area contributed by atoms with E-state index in [1.807, 2.05) is 17.5 Å². The fourth-order valence-corrected chi connectivity index (χ4v) is 3.25. The first-order valence-corrected chi connectivity index (χ1v) is 6.61. The Morgan fingerprint density at radius 1 is 1.31 bits per heavy atom. The number of thiazole rings is 1. The van der Waals surface area contributed by atoms with Gasteiger partial charge in [-0.05, 0) is 23.5 Å². The van der Waals surface area contributed by atoms with E-state index in [1.165, 1.54) is 27.4 Å². The minimum atomic E-state index is 0.564. The van der Waals surface area contributed by atoms with Crippen molar-refractivity contribution in [1.82, 2.24) is 4.98 Å². The minimum Gasteiger partial charge on any atom is -0.249 e. The number of aromatic nitrogens is 1. The molecule has 0 spiro atoms. The molecule has 1 nitrogen and oxygen atoms in total. The molecule has 2 heteroatoms. The molecule has 1 aliphatic rings. The second-order valence-corrected chi connectivity index (χ2v) is 5.80. The lowest BCUT2D eigenvalue weighted by Crippen LogP contribution is -2.17. The number of hydrogen-bond acceptors (Lipinski definition) is 2. The van der Waals surface area contributed by atoms with Crippen LogP contribution in [0.25, 0.3) is 0 Å². The summed E-state index contributed by atoms with van der Waals surface area (Å²) >= 11 is 1.88. The maximum Gasteiger partial charge on any atom is 0.101 e. The second kappa shape index (κ2) is 3.70. The Morgan fingerprint density at radius 3 is 2.81 bits per heavy atom. The van der Waals surface area contributed by atoms with Gasteiger partial charge in [0.05, 0.1) is 0 Å². The molecule has 0 radical (unpaired) electrons. The predicted octanol–water partition coefficient (Wildman–Crippen LogP) is 3.95. The van der Waals surface area contributed by atoms with Crippen molar-refractivity contribution < 1.29 is 0 Å². The lowest BCUT2D eigenvalue weighted by atomic mass is 9.78. The molecule has 0 bridgehead atoms. The van der Waals surface area contributed by atoms with E-state index in [0.717, 1.165) is 0 Å². The zero-order valence-electron chi connectivity index (χ0n) is 9.60. The van der Waals surface area contributed by atoms with Crippen molar-refractivity contribution in [3.8, 4) is 0 Å². The molecule has 0 aliphatic heterocycles. The van der Waals surface area contributed by atoms with E-state index in [0.29, 0.717) is 11.8 Å². The molecule has 1 aliphatic carbocycles. The zero-order chi connectivity index (χ0) is 11.1. The zero-order valence-corrected chi connectivity index (χ0v) is 10.4. The first kappa shape index (κ1) is 10.0. The molecule has 1 heterocycles. The molecule has 3 rings (SSSR count). The summed E-state index contributed by atoms with van der Waals surface area (Å²) < 4.78 is 0. The highest BCUT2D eigenvalue weighted by Gasteiger charge is 2.29. The van der Waals surface area contributed by atoms with Crippen LogP contribution in [0.2, 0.25) is 0 Å². The molecule has 1 aromatic heterocycles. The van der Waals surface area contributed by atoms with Crippen molar-refractivity contribution in [3.63, 3.8) is 0 Å². The van der Waals surface area contributed by atoms with Crippen LogP contribution in [0.3, 0.4) is 0 Å². The largest absolute Gasteiger partial charge is 0.249 e. The van der Waals surface area contributed by atoms with Crippen LogP contribution < -0.4 is 0 Å². The Morgan fingerprint density at radius 2 is 2.12 bits per heavy atom. The Kier molecular flexibility index (Phi) is 2.32. The summed E-state index contributed by atoms with van der Waals surface area (Å²) in [5, 5.41) is 1.29. The van der Waals surface area contributed by atoms with Crippen molar-refractivity contribution >= 4 is 11.3 Å². The van der Waals surface area contributed by atoms with Crippen LogP contribution >= 0.6 is 11.3 Å². The molecule has 0 fully saturated rings. The van der Waals surface area contributed by atoms with E-state index >= 15 is 0 Å². The van der Waals surface area contributed by atoms with Gasteiger partial charge in [-0.15, -0.1) is 11.3 Å². The van der Waals surface area contributed by atoms with Gasteiger partial charge in [0.25, 0.3) is 0 Å². The summed E-state index contributed by atoms with van der Waals surface area (Å²) in [4.78, 5) is 5.98. The summed E-state index contributed by atoms with van der Waals surface area (Å²) in [6.45, 7) is 4.46. The molecular weight excluding hydrogens is 214 g/mol. The Labute approximate surface area is 100 Å². The van der Waals surface area contributed by atoms with Crippen LogP contribution in [0.1, 0.15) is 46.7 Å². The molecular formula is C14H15NS. The highest BCUT2D eigenvalue weighted by molar-refractivity contribution is 7.11. The predicted molar refractivity (Wildman–Crippen MR) is 68.2 cm³/mol. The molecule has 0 saturated heterocycles. The van der Waals surface area contributed by atoms with Gasteiger partial charge in [-0.2, -0.15) is 0 Å². The van der Waals surface area contributed by atoms with Gasteiger partial charge in [0.2, 0.25) is 0 Å². The normalized spacial score (nSPS) is 18.3. The molecule has 1 aromatic carbocycles. The number of hydrogen-bond donors (Lipinski definition) is 0. The topological polar surface area (TPSA) is 12.9 Å². The van der Waals surface area contributed by atoms with Crippen LogP contribution in [0.15, 0.2) is 30.5 Å². The number of fused-ring (bicyclic) bond motifs is 1. The van der Waals surface area contributed by atoms with E-state index in [-0.39, 0.29) is 0 Å². The lowest BCUT2D eigenvalue weighted by molar-refractivity contribution is 0.702. The monoisotopic (exact) mass is 229 g/mol. The van der Waals surface area contributed by atoms with Crippen molar-refractivity contribution in [2.24, 2.45) is 0 Å². The first-order valence-electron chi connectivity index (χ1n) is 5.79. The lowest BCUT2D eigenvalue weighted by Gasteiger charge is -2.28. The van der Waals surface area contributed by atoms with Crippen LogP contribution in [-0.2, 0) is 6.42 Å². The van der Waals surface area contributed by atoms with Crippen molar-refractivity contribution in [3.05, 3.63) is 51.5 Å². The van der Waals surface area contributed by atoms with Gasteiger partial charge in [-0.25, -0.2) is 4.98 Å². The van der Waals surface area contributed by atoms with Crippen LogP contribution in [-0.4, -0.2) is 4.98 Å². The summed E-state index contributed by atoms with van der Waals surface area (Å²) in [5.74, 6) is 1.16. The number of benzene rings is 1. The maximum absolute atomic E-state index is 4.58. The standard InChI is InChI=1S/C14H15NS/c1-9(2)13-8-15-14(16-13)12-7-10-5-3-4-6-11(10)12/h3-6,8-9,12H,7H2,1-2H3. The minimum absolute atomic E-state index is 0.564. The summed E-state index contributed by atoms with van der Waals surface area (Å²) in [5.41, 5.74) is 2.97. The first-order chi connectivity index (χ1) is 7.75. The van der Waals surface area contributed by atoms with Gasteiger partial charge >= 0.3 is 0 Å². The smallest absolute Gasteiger partial charge is 0.101 e. The summed E-state index contributed by atoms with van der Waals surface area (Å²) in [6.07, 6.45) is 3.22. The van der Waals surface area contributed by atoms with E-state index in [1.54, 1.807) is 0 Å². The molecule has 2 aromatic rings. The molecule has 1 unspecified atom stereocenters. The molecule has 0 saturated carbocycles. The molecule has 0 amide bonds. The van der Waals surface area contributed by atoms with Gasteiger partial charge < -0.3 is 0 Å². The number of nitrogens with zero attached hydrogens (tertiary/aromatic N) is 1. The van der Waals surface area contributed by atoms with E-state index < -0.39 is 0 Å². The molecule has 82 valence electrons. The fourth-order valence-electron chi connectivity index (χ4n) is 2.21. The third-order valence-corrected chi connectivity index (χ3v) is 4.67. The average Bonchev–Trinajstić information content (AvgIpc) is 2.69. The molecule has 0 N–H and O–H groups in total. The Balaban J connectivity index is 1.91. The van der Waals surface area contributed by atoms with E-state index in [9.17, 15) is 0 Å². The van der Waals surface area contributed by atoms with Crippen molar-refractivity contribution in [2.45, 2.75) is 32.1 Å². The van der Waals surface area contributed by atoms with Crippen LogP contribution in [0.5, 0.6) is 0 Å². The maximum atomic E-state index is 4.58. The van der Waals surface area contributed by atoms with Crippen molar-refractivity contribution in [1.29, 1.82) is 0 Å². The van der Waals surface area contributed by atoms with Crippen molar-refractivity contribution in [2.75, 3.05) is 0 Å². The van der Waals surface area contributed by atoms with Gasteiger partial charge in [0.1, 0.15) is 5.01 Å². The quantitative estimate of drug-likeness (QED) is 0.759. The summed E-state index contributed by atoms with van der Waals surface area (Å²) in [6, 6.07) is 8.71.